The summed E-state index contributed by atoms with van der Waals surface area (Å²) in [4.78, 5) is 31.3. The molecule has 5 nitrogen and oxygen atoms in total. The van der Waals surface area contributed by atoms with Gasteiger partial charge in [0, 0.05) is 17.9 Å². The van der Waals surface area contributed by atoms with Crippen LogP contribution >= 0.6 is 0 Å². The molecule has 1 aromatic heterocycles. The van der Waals surface area contributed by atoms with Crippen LogP contribution < -0.4 is 10.2 Å². The maximum atomic E-state index is 12.9. The Hall–Kier alpha value is -2.69. The Morgan fingerprint density at radius 2 is 2.12 bits per heavy atom. The lowest BCUT2D eigenvalue weighted by Crippen LogP contribution is -2.33. The van der Waals surface area contributed by atoms with Crippen LogP contribution in [0.4, 0.5) is 5.69 Å². The zero-order valence-corrected chi connectivity index (χ0v) is 13.5. The molecule has 0 spiro atoms. The normalized spacial score (nSPS) is 19.3. The van der Waals surface area contributed by atoms with Crippen LogP contribution in [0.2, 0.25) is 0 Å². The minimum Gasteiger partial charge on any atom is -0.353 e. The van der Waals surface area contributed by atoms with Gasteiger partial charge in [-0.1, -0.05) is 12.1 Å². The van der Waals surface area contributed by atoms with Gasteiger partial charge in [-0.3, -0.25) is 19.5 Å². The standard InChI is InChI=1S/C19H19N3O2/c1-12-4-2-5-14(10-12)22-16(11-17(23)21-13-7-8-13)18-15(19(22)24)6-3-9-20-18/h2-6,9-10,13,16H,7-8,11H2,1H3,(H,21,23)/t16-/m0/s1. The number of anilines is 1. The summed E-state index contributed by atoms with van der Waals surface area (Å²) in [7, 11) is 0. The second-order valence-corrected chi connectivity index (χ2v) is 6.51. The van der Waals surface area contributed by atoms with E-state index in [1.54, 1.807) is 23.2 Å². The Morgan fingerprint density at radius 1 is 1.29 bits per heavy atom. The van der Waals surface area contributed by atoms with E-state index in [-0.39, 0.29) is 24.3 Å². The monoisotopic (exact) mass is 321 g/mol. The van der Waals surface area contributed by atoms with Crippen molar-refractivity contribution in [3.63, 3.8) is 0 Å². The quantitative estimate of drug-likeness (QED) is 0.942. The first kappa shape index (κ1) is 14.9. The van der Waals surface area contributed by atoms with E-state index in [4.69, 9.17) is 0 Å². The number of nitrogens with zero attached hydrogens (tertiary/aromatic N) is 2. The van der Waals surface area contributed by atoms with Crippen molar-refractivity contribution < 1.29 is 9.59 Å². The number of pyridine rings is 1. The molecule has 24 heavy (non-hydrogen) atoms. The van der Waals surface area contributed by atoms with Gasteiger partial charge in [0.25, 0.3) is 5.91 Å². The molecule has 0 unspecified atom stereocenters. The van der Waals surface area contributed by atoms with Crippen LogP contribution in [0.25, 0.3) is 0 Å². The summed E-state index contributed by atoms with van der Waals surface area (Å²) in [6.07, 6.45) is 4.01. The van der Waals surface area contributed by atoms with Crippen molar-refractivity contribution in [2.24, 2.45) is 0 Å². The van der Waals surface area contributed by atoms with Crippen molar-refractivity contribution in [2.75, 3.05) is 4.90 Å². The van der Waals surface area contributed by atoms with Crippen LogP contribution in [0.15, 0.2) is 42.6 Å². The number of hydrogen-bond acceptors (Lipinski definition) is 3. The minimum absolute atomic E-state index is 0.0218. The van der Waals surface area contributed by atoms with Gasteiger partial charge in [0.15, 0.2) is 0 Å². The molecule has 1 atom stereocenters. The molecule has 2 amide bonds. The number of aromatic nitrogens is 1. The summed E-state index contributed by atoms with van der Waals surface area (Å²) in [5.41, 5.74) is 3.16. The second-order valence-electron chi connectivity index (χ2n) is 6.51. The number of aryl methyl sites for hydroxylation is 1. The summed E-state index contributed by atoms with van der Waals surface area (Å²) in [5, 5.41) is 3.01. The summed E-state index contributed by atoms with van der Waals surface area (Å²) in [6.45, 7) is 1.99. The first-order chi connectivity index (χ1) is 11.6. The highest BCUT2D eigenvalue weighted by atomic mass is 16.2. The van der Waals surface area contributed by atoms with Crippen molar-refractivity contribution >= 4 is 17.5 Å². The lowest BCUT2D eigenvalue weighted by molar-refractivity contribution is -0.121. The smallest absolute Gasteiger partial charge is 0.260 e. The molecule has 2 aliphatic rings. The van der Waals surface area contributed by atoms with Gasteiger partial charge in [-0.2, -0.15) is 0 Å². The zero-order chi connectivity index (χ0) is 16.7. The van der Waals surface area contributed by atoms with E-state index in [9.17, 15) is 9.59 Å². The molecule has 2 heterocycles. The van der Waals surface area contributed by atoms with Gasteiger partial charge in [-0.25, -0.2) is 0 Å². The summed E-state index contributed by atoms with van der Waals surface area (Å²) < 4.78 is 0. The van der Waals surface area contributed by atoms with E-state index >= 15 is 0 Å². The summed E-state index contributed by atoms with van der Waals surface area (Å²) >= 11 is 0. The molecular formula is C19H19N3O2. The molecular weight excluding hydrogens is 302 g/mol. The van der Waals surface area contributed by atoms with Crippen LogP contribution in [0.5, 0.6) is 0 Å². The van der Waals surface area contributed by atoms with Gasteiger partial charge in [0.05, 0.1) is 23.7 Å². The number of carbonyl (C=O) groups is 2. The number of benzene rings is 1. The van der Waals surface area contributed by atoms with Crippen LogP contribution in [-0.4, -0.2) is 22.8 Å². The highest BCUT2D eigenvalue weighted by Crippen LogP contribution is 2.38. The Labute approximate surface area is 140 Å². The highest BCUT2D eigenvalue weighted by molar-refractivity contribution is 6.11. The molecule has 1 fully saturated rings. The minimum atomic E-state index is -0.353. The van der Waals surface area contributed by atoms with Crippen molar-refractivity contribution in [3.8, 4) is 0 Å². The predicted octanol–water partition coefficient (Wildman–Crippen LogP) is 2.76. The van der Waals surface area contributed by atoms with Crippen molar-refractivity contribution in [3.05, 3.63) is 59.4 Å². The predicted molar refractivity (Wildman–Crippen MR) is 90.7 cm³/mol. The average molecular weight is 321 g/mol. The van der Waals surface area contributed by atoms with Crippen molar-refractivity contribution in [1.82, 2.24) is 10.3 Å². The SMILES string of the molecule is Cc1cccc(N2C(=O)c3cccnc3[C@@H]2CC(=O)NC2CC2)c1. The van der Waals surface area contributed by atoms with Gasteiger partial charge < -0.3 is 5.32 Å². The van der Waals surface area contributed by atoms with Gasteiger partial charge in [0.2, 0.25) is 5.91 Å². The molecule has 5 heteroatoms. The van der Waals surface area contributed by atoms with E-state index in [0.717, 1.165) is 24.1 Å². The van der Waals surface area contributed by atoms with Gasteiger partial charge in [-0.15, -0.1) is 0 Å². The van der Waals surface area contributed by atoms with Gasteiger partial charge >= 0.3 is 0 Å². The molecule has 0 bridgehead atoms. The highest BCUT2D eigenvalue weighted by Gasteiger charge is 2.40. The molecule has 0 radical (unpaired) electrons. The topological polar surface area (TPSA) is 62.3 Å². The number of rotatable bonds is 4. The maximum Gasteiger partial charge on any atom is 0.260 e. The van der Waals surface area contributed by atoms with Crippen LogP contribution in [0.3, 0.4) is 0 Å². The Balaban J connectivity index is 1.70. The molecule has 1 aromatic carbocycles. The molecule has 1 saturated carbocycles. The van der Waals surface area contributed by atoms with Crippen LogP contribution in [0, 0.1) is 6.92 Å². The van der Waals surface area contributed by atoms with Crippen LogP contribution in [-0.2, 0) is 4.79 Å². The molecule has 1 N–H and O–H groups in total. The molecule has 122 valence electrons. The van der Waals surface area contributed by atoms with E-state index < -0.39 is 0 Å². The molecule has 0 saturated heterocycles. The maximum absolute atomic E-state index is 12.9. The van der Waals surface area contributed by atoms with E-state index in [1.165, 1.54) is 0 Å². The molecule has 1 aliphatic heterocycles. The number of fused-ring (bicyclic) bond motifs is 1. The Kier molecular flexibility index (Phi) is 3.56. The average Bonchev–Trinajstić information content (AvgIpc) is 3.33. The fourth-order valence-corrected chi connectivity index (χ4v) is 3.21. The third-order valence-corrected chi connectivity index (χ3v) is 4.52. The van der Waals surface area contributed by atoms with E-state index in [2.05, 4.69) is 10.3 Å². The second kappa shape index (κ2) is 5.74. The van der Waals surface area contributed by atoms with Gasteiger partial charge in [0.1, 0.15) is 0 Å². The number of hydrogen-bond donors (Lipinski definition) is 1. The van der Waals surface area contributed by atoms with Gasteiger partial charge in [-0.05, 0) is 49.6 Å². The fourth-order valence-electron chi connectivity index (χ4n) is 3.21. The van der Waals surface area contributed by atoms with E-state index in [0.29, 0.717) is 17.3 Å². The molecule has 1 aliphatic carbocycles. The van der Waals surface area contributed by atoms with Crippen molar-refractivity contribution in [2.45, 2.75) is 38.3 Å². The number of amides is 2. The summed E-state index contributed by atoms with van der Waals surface area (Å²) in [6, 6.07) is 11.3. The first-order valence-corrected chi connectivity index (χ1v) is 8.28. The van der Waals surface area contributed by atoms with Crippen molar-refractivity contribution in [1.29, 1.82) is 0 Å². The largest absolute Gasteiger partial charge is 0.353 e. The fraction of sp³-hybridized carbons (Fsp3) is 0.316. The Morgan fingerprint density at radius 3 is 2.88 bits per heavy atom. The number of carbonyl (C=O) groups excluding carboxylic acids is 2. The molecule has 2 aromatic rings. The summed E-state index contributed by atoms with van der Waals surface area (Å²) in [5.74, 6) is -0.112. The first-order valence-electron chi connectivity index (χ1n) is 8.28. The third kappa shape index (κ3) is 2.66. The lowest BCUT2D eigenvalue weighted by atomic mass is 10.1. The zero-order valence-electron chi connectivity index (χ0n) is 13.5. The van der Waals surface area contributed by atoms with Crippen LogP contribution in [0.1, 0.15) is 46.9 Å². The molecule has 4 rings (SSSR count). The third-order valence-electron chi connectivity index (χ3n) is 4.52. The number of nitrogens with one attached hydrogen (secondary N) is 1. The lowest BCUT2D eigenvalue weighted by Gasteiger charge is -2.25. The van der Waals surface area contributed by atoms with E-state index in [1.807, 2.05) is 31.2 Å². The Bertz CT molecular complexity index is 814.